The van der Waals surface area contributed by atoms with Crippen LogP contribution >= 0.6 is 23.1 Å². The number of piperazine rings is 1. The number of thioether (sulfide) groups is 1. The van der Waals surface area contributed by atoms with Gasteiger partial charge in [0.05, 0.1) is 21.3 Å². The van der Waals surface area contributed by atoms with Gasteiger partial charge in [0, 0.05) is 69.8 Å². The molecular weight excluding hydrogens is 684 g/mol. The minimum Gasteiger partial charge on any atom is -0.389 e. The van der Waals surface area contributed by atoms with Crippen LogP contribution in [0.25, 0.3) is 32.1 Å². The first-order valence-electron chi connectivity index (χ1n) is 15.9. The fraction of sp³-hybridized carbons (Fsp3) is 0.412. The summed E-state index contributed by atoms with van der Waals surface area (Å²) in [6.07, 6.45) is -0.729. The SMILES string of the molecule is C=CC(=O)N1[C@H](C)CN(c2nc(=O)n3c4c(c(-c5c(F)cc(F)c6sc(N)c(C#N)c56)c(C(F)(F)F)cc24)SCCC3C2CCC2)C[C@@H]1C. The number of hydrogen-bond donors (Lipinski definition) is 1. The summed E-state index contributed by atoms with van der Waals surface area (Å²) in [6, 6.07) is 2.12. The Balaban J connectivity index is 1.61. The van der Waals surface area contributed by atoms with Gasteiger partial charge in [-0.2, -0.15) is 23.4 Å². The van der Waals surface area contributed by atoms with Crippen LogP contribution in [0.15, 0.2) is 34.5 Å². The molecule has 1 unspecified atom stereocenters. The monoisotopic (exact) mass is 714 g/mol. The highest BCUT2D eigenvalue weighted by atomic mass is 32.2. The summed E-state index contributed by atoms with van der Waals surface area (Å²) in [7, 11) is 0. The molecule has 0 radical (unpaired) electrons. The van der Waals surface area contributed by atoms with E-state index < -0.39 is 52.3 Å². The van der Waals surface area contributed by atoms with Crippen molar-refractivity contribution < 1.29 is 26.7 Å². The Morgan fingerprint density at radius 3 is 2.41 bits per heavy atom. The molecule has 1 aliphatic carbocycles. The van der Waals surface area contributed by atoms with Crippen LogP contribution < -0.4 is 16.3 Å². The van der Waals surface area contributed by atoms with Gasteiger partial charge in [0.15, 0.2) is 0 Å². The first kappa shape index (κ1) is 33.3. The number of nitrogens with two attached hydrogens (primary N) is 1. The van der Waals surface area contributed by atoms with Gasteiger partial charge in [0.25, 0.3) is 0 Å². The molecule has 4 aromatic rings. The Kier molecular flexibility index (Phi) is 8.17. The lowest BCUT2D eigenvalue weighted by Gasteiger charge is -2.45. The molecular formula is C34H31F5N6O2S2. The molecule has 2 N–H and O–H groups in total. The predicted octanol–water partition coefficient (Wildman–Crippen LogP) is 7.48. The third-order valence-corrected chi connectivity index (χ3v) is 12.2. The Morgan fingerprint density at radius 2 is 1.82 bits per heavy atom. The van der Waals surface area contributed by atoms with Gasteiger partial charge < -0.3 is 15.5 Å². The van der Waals surface area contributed by atoms with Gasteiger partial charge in [-0.05, 0) is 51.2 Å². The fourth-order valence-corrected chi connectivity index (χ4v) is 10.0. The van der Waals surface area contributed by atoms with E-state index in [-0.39, 0.29) is 73.2 Å². The van der Waals surface area contributed by atoms with Crippen LogP contribution in [-0.2, 0) is 11.0 Å². The number of amides is 1. The third kappa shape index (κ3) is 5.17. The number of nitrogen functional groups attached to an aromatic ring is 1. The molecule has 2 aliphatic heterocycles. The average Bonchev–Trinajstić information content (AvgIpc) is 3.21. The van der Waals surface area contributed by atoms with Crippen LogP contribution in [0.2, 0.25) is 0 Å². The predicted molar refractivity (Wildman–Crippen MR) is 181 cm³/mol. The van der Waals surface area contributed by atoms with E-state index in [2.05, 4.69) is 11.6 Å². The van der Waals surface area contributed by atoms with Gasteiger partial charge in [-0.3, -0.25) is 9.36 Å². The normalized spacial score (nSPS) is 21.5. The lowest BCUT2D eigenvalue weighted by atomic mass is 9.78. The standard InChI is InChI=1S/C34H31F5N6O2S2/c1-4-24(46)44-15(2)13-43(14-16(44)3)32-18-10-20(34(37,38)39)26(27-21(35)11-22(36)29-25(27)19(12-40)31(41)49-29)30-28(18)45(33(47)42-32)23(8-9-48-30)17-6-5-7-17/h4,10-11,15-17,23H,1,5-9,13-14,41H2,2-3H3/t15-,16+,23?. The van der Waals surface area contributed by atoms with Crippen LogP contribution in [0.4, 0.5) is 32.8 Å². The number of halogens is 5. The average molecular weight is 715 g/mol. The molecule has 1 saturated heterocycles. The number of thiophene rings is 1. The van der Waals surface area contributed by atoms with E-state index in [1.165, 1.54) is 10.6 Å². The van der Waals surface area contributed by atoms with Crippen LogP contribution in [0.3, 0.4) is 0 Å². The van der Waals surface area contributed by atoms with E-state index in [4.69, 9.17) is 5.73 Å². The molecule has 3 aliphatic rings. The van der Waals surface area contributed by atoms with Crippen molar-refractivity contribution in [3.63, 3.8) is 0 Å². The summed E-state index contributed by atoms with van der Waals surface area (Å²) in [5.41, 5.74) is 2.90. The maximum absolute atomic E-state index is 16.1. The Hall–Kier alpha value is -4.16. The molecule has 7 rings (SSSR count). The van der Waals surface area contributed by atoms with Crippen molar-refractivity contribution in [2.45, 2.75) is 68.7 Å². The van der Waals surface area contributed by atoms with Crippen LogP contribution in [0.1, 0.15) is 56.7 Å². The number of hydrogen-bond acceptors (Lipinski definition) is 8. The van der Waals surface area contributed by atoms with Crippen molar-refractivity contribution in [2.75, 3.05) is 29.5 Å². The maximum atomic E-state index is 16.1. The zero-order valence-corrected chi connectivity index (χ0v) is 28.2. The molecule has 49 heavy (non-hydrogen) atoms. The molecule has 1 amide bonds. The lowest BCUT2D eigenvalue weighted by Crippen LogP contribution is -2.58. The van der Waals surface area contributed by atoms with Crippen molar-refractivity contribution in [2.24, 2.45) is 5.92 Å². The third-order valence-electron chi connectivity index (χ3n) is 10.0. The maximum Gasteiger partial charge on any atom is 0.417 e. The molecule has 15 heteroatoms. The van der Waals surface area contributed by atoms with Crippen molar-refractivity contribution >= 4 is 60.8 Å². The number of carbonyl (C=O) groups excluding carboxylic acids is 1. The second kappa shape index (κ2) is 12.0. The van der Waals surface area contributed by atoms with Gasteiger partial charge in [0.2, 0.25) is 5.91 Å². The summed E-state index contributed by atoms with van der Waals surface area (Å²) in [4.78, 5) is 34.6. The molecule has 8 nitrogen and oxygen atoms in total. The van der Waals surface area contributed by atoms with Crippen molar-refractivity contribution in [3.8, 4) is 17.2 Å². The van der Waals surface area contributed by atoms with Crippen LogP contribution in [-0.4, -0.2) is 51.3 Å². The summed E-state index contributed by atoms with van der Waals surface area (Å²) >= 11 is 1.74. The van der Waals surface area contributed by atoms with E-state index in [1.807, 2.05) is 6.07 Å². The van der Waals surface area contributed by atoms with Gasteiger partial charge in [-0.25, -0.2) is 13.6 Å². The van der Waals surface area contributed by atoms with Crippen LogP contribution in [0.5, 0.6) is 0 Å². The van der Waals surface area contributed by atoms with Crippen molar-refractivity contribution in [1.29, 1.82) is 5.26 Å². The highest BCUT2D eigenvalue weighted by molar-refractivity contribution is 7.99. The van der Waals surface area contributed by atoms with E-state index in [0.29, 0.717) is 29.6 Å². The lowest BCUT2D eigenvalue weighted by molar-refractivity contribution is -0.137. The zero-order valence-electron chi connectivity index (χ0n) is 26.5. The molecule has 1 saturated carbocycles. The van der Waals surface area contributed by atoms with Gasteiger partial charge >= 0.3 is 11.9 Å². The minimum atomic E-state index is -5.05. The molecule has 2 fully saturated rings. The highest BCUT2D eigenvalue weighted by Gasteiger charge is 2.42. The molecule has 2 aromatic carbocycles. The Bertz CT molecular complexity index is 2160. The first-order chi connectivity index (χ1) is 23.3. The number of nitriles is 1. The topological polar surface area (TPSA) is 108 Å². The minimum absolute atomic E-state index is 0.00874. The molecule has 2 aromatic heterocycles. The number of aromatic nitrogens is 2. The van der Waals surface area contributed by atoms with Crippen molar-refractivity contribution in [1.82, 2.24) is 14.5 Å². The summed E-state index contributed by atoms with van der Waals surface area (Å²) in [5, 5.41) is 9.54. The molecule has 4 heterocycles. The number of nitrogens with zero attached hydrogens (tertiary/aromatic N) is 5. The second-order valence-electron chi connectivity index (χ2n) is 12.9. The van der Waals surface area contributed by atoms with E-state index in [9.17, 15) is 14.9 Å². The zero-order chi connectivity index (χ0) is 35.1. The quantitative estimate of drug-likeness (QED) is 0.173. The molecule has 0 spiro atoms. The Morgan fingerprint density at radius 1 is 1.12 bits per heavy atom. The summed E-state index contributed by atoms with van der Waals surface area (Å²) in [5.74, 6) is -2.15. The van der Waals surface area contributed by atoms with Crippen LogP contribution in [0, 0.1) is 28.9 Å². The summed E-state index contributed by atoms with van der Waals surface area (Å²) in [6.45, 7) is 7.54. The Labute approximate surface area is 286 Å². The van der Waals surface area contributed by atoms with E-state index in [1.54, 1.807) is 23.6 Å². The fourth-order valence-electron chi connectivity index (χ4n) is 7.82. The molecule has 3 atom stereocenters. The van der Waals surface area contributed by atoms with Gasteiger partial charge in [0.1, 0.15) is 28.5 Å². The number of benzene rings is 2. The largest absolute Gasteiger partial charge is 0.417 e. The van der Waals surface area contributed by atoms with E-state index in [0.717, 1.165) is 37.1 Å². The summed E-state index contributed by atoms with van der Waals surface area (Å²) < 4.78 is 78.6. The van der Waals surface area contributed by atoms with Crippen molar-refractivity contribution in [3.05, 3.63) is 58.0 Å². The number of fused-ring (bicyclic) bond motifs is 1. The van der Waals surface area contributed by atoms with Gasteiger partial charge in [-0.1, -0.05) is 13.0 Å². The van der Waals surface area contributed by atoms with Gasteiger partial charge in [-0.15, -0.1) is 23.1 Å². The molecule has 256 valence electrons. The molecule has 0 bridgehead atoms. The van der Waals surface area contributed by atoms with E-state index >= 15 is 22.0 Å². The highest BCUT2D eigenvalue weighted by Crippen LogP contribution is 2.54. The number of carbonyl (C=O) groups is 1. The number of rotatable bonds is 4. The first-order valence-corrected chi connectivity index (χ1v) is 17.7. The number of anilines is 2. The second-order valence-corrected chi connectivity index (χ2v) is 15.1. The number of alkyl halides is 3. The smallest absolute Gasteiger partial charge is 0.389 e.